The van der Waals surface area contributed by atoms with E-state index in [1.54, 1.807) is 0 Å². The number of para-hydroxylation sites is 2. The summed E-state index contributed by atoms with van der Waals surface area (Å²) in [5, 5.41) is 0.878. The highest BCUT2D eigenvalue weighted by Gasteiger charge is 2.41. The van der Waals surface area contributed by atoms with Crippen molar-refractivity contribution in [1.82, 2.24) is 0 Å². The molecule has 3 aliphatic rings. The van der Waals surface area contributed by atoms with Crippen LogP contribution >= 0.6 is 11.6 Å². The zero-order valence-electron chi connectivity index (χ0n) is 22.6. The molecule has 0 atom stereocenters. The molecule has 0 aromatic heterocycles. The second kappa shape index (κ2) is 10.4. The van der Waals surface area contributed by atoms with Gasteiger partial charge in [0.1, 0.15) is 7.05 Å². The van der Waals surface area contributed by atoms with Gasteiger partial charge in [0.05, 0.1) is 5.41 Å². The molecule has 1 aliphatic carbocycles. The van der Waals surface area contributed by atoms with Crippen molar-refractivity contribution in [2.24, 2.45) is 0 Å². The van der Waals surface area contributed by atoms with Gasteiger partial charge in [-0.2, -0.15) is 0 Å². The molecule has 0 bridgehead atoms. The molecule has 2 heterocycles. The van der Waals surface area contributed by atoms with Gasteiger partial charge in [-0.25, -0.2) is 4.58 Å². The highest BCUT2D eigenvalue weighted by molar-refractivity contribution is 6.33. The second-order valence-electron chi connectivity index (χ2n) is 10.8. The number of allylic oxidation sites excluding steroid dienone is 7. The van der Waals surface area contributed by atoms with Gasteiger partial charge in [-0.05, 0) is 55.5 Å². The lowest BCUT2D eigenvalue weighted by atomic mass is 9.82. The van der Waals surface area contributed by atoms with Gasteiger partial charge >= 0.3 is 0 Å². The molecule has 0 saturated carbocycles. The van der Waals surface area contributed by atoms with Crippen LogP contribution in [0.25, 0.3) is 0 Å². The van der Waals surface area contributed by atoms with Crippen LogP contribution in [0, 0.1) is 0 Å². The second-order valence-corrected chi connectivity index (χ2v) is 11.2. The van der Waals surface area contributed by atoms with Crippen LogP contribution < -0.4 is 17.3 Å². The van der Waals surface area contributed by atoms with Crippen LogP contribution in [-0.4, -0.2) is 24.4 Å². The fourth-order valence-electron chi connectivity index (χ4n) is 5.61. The molecule has 0 radical (unpaired) electrons. The van der Waals surface area contributed by atoms with Gasteiger partial charge in [0.25, 0.3) is 0 Å². The third-order valence-electron chi connectivity index (χ3n) is 8.20. The van der Waals surface area contributed by atoms with Crippen LogP contribution in [0.1, 0.15) is 58.6 Å². The Morgan fingerprint density at radius 2 is 1.53 bits per heavy atom. The van der Waals surface area contributed by atoms with Gasteiger partial charge in [-0.3, -0.25) is 0 Å². The van der Waals surface area contributed by atoms with Crippen LogP contribution in [-0.2, 0) is 10.8 Å². The molecule has 0 fully saturated rings. The topological polar surface area (TPSA) is 6.25 Å². The monoisotopic (exact) mass is 520 g/mol. The van der Waals surface area contributed by atoms with Gasteiger partial charge in [0.15, 0.2) is 5.71 Å². The number of fused-ring (bicyclic) bond motifs is 2. The summed E-state index contributed by atoms with van der Waals surface area (Å²) in [7, 11) is 4.28. The number of rotatable bonds is 2. The van der Waals surface area contributed by atoms with Crippen molar-refractivity contribution in [3.05, 3.63) is 106 Å². The van der Waals surface area contributed by atoms with Crippen LogP contribution in [0.3, 0.4) is 0 Å². The highest BCUT2D eigenvalue weighted by atomic mass is 35.5. The lowest BCUT2D eigenvalue weighted by Gasteiger charge is -2.23. The number of anilines is 1. The molecule has 0 amide bonds. The van der Waals surface area contributed by atoms with E-state index >= 15 is 0 Å². The molecular formula is C32H38Cl2N2. The molecule has 0 unspecified atom stereocenters. The van der Waals surface area contributed by atoms with E-state index in [0.717, 1.165) is 23.4 Å². The Labute approximate surface area is 228 Å². The third-order valence-corrected chi connectivity index (χ3v) is 8.69. The summed E-state index contributed by atoms with van der Waals surface area (Å²) >= 11 is 6.42. The summed E-state index contributed by atoms with van der Waals surface area (Å²) in [5.41, 5.74) is 10.8. The zero-order chi connectivity index (χ0) is 25.5. The fourth-order valence-corrected chi connectivity index (χ4v) is 5.94. The summed E-state index contributed by atoms with van der Waals surface area (Å²) in [4.78, 5) is 2.29. The third kappa shape index (κ3) is 4.62. The fraction of sp³-hybridized carbons (Fsp3) is 0.344. The summed E-state index contributed by atoms with van der Waals surface area (Å²) in [5.74, 6) is 0. The van der Waals surface area contributed by atoms with E-state index in [4.69, 9.17) is 11.6 Å². The largest absolute Gasteiger partial charge is 1.00 e. The van der Waals surface area contributed by atoms with Gasteiger partial charge in [-0.1, -0.05) is 80.6 Å². The number of hydrogen-bond donors (Lipinski definition) is 0. The zero-order valence-corrected chi connectivity index (χ0v) is 24.1. The smallest absolute Gasteiger partial charge is 0.209 e. The Balaban J connectivity index is 0.000000221. The van der Waals surface area contributed by atoms with Gasteiger partial charge < -0.3 is 17.3 Å². The van der Waals surface area contributed by atoms with Crippen molar-refractivity contribution < 1.29 is 17.0 Å². The van der Waals surface area contributed by atoms with Crippen molar-refractivity contribution in [3.8, 4) is 0 Å². The number of likely N-dealkylation sites (N-methyl/N-ethyl adjacent to an activating group) is 1. The number of nitrogens with zero attached hydrogens (tertiary/aromatic N) is 2. The van der Waals surface area contributed by atoms with Gasteiger partial charge in [0.2, 0.25) is 5.69 Å². The molecule has 2 aromatic carbocycles. The molecule has 190 valence electrons. The quantitative estimate of drug-likeness (QED) is 0.479. The Kier molecular flexibility index (Phi) is 8.13. The first-order chi connectivity index (χ1) is 16.5. The first-order valence-electron chi connectivity index (χ1n) is 12.4. The van der Waals surface area contributed by atoms with E-state index in [1.807, 2.05) is 6.08 Å². The van der Waals surface area contributed by atoms with Crippen LogP contribution in [0.15, 0.2) is 95.2 Å². The summed E-state index contributed by atoms with van der Waals surface area (Å²) in [6, 6.07) is 17.2. The van der Waals surface area contributed by atoms with E-state index in [9.17, 15) is 0 Å². The van der Waals surface area contributed by atoms with Crippen molar-refractivity contribution >= 4 is 28.7 Å². The first kappa shape index (κ1) is 28.0. The average molecular weight is 522 g/mol. The molecule has 2 aromatic rings. The molecule has 36 heavy (non-hydrogen) atoms. The first-order valence-corrected chi connectivity index (χ1v) is 12.8. The maximum Gasteiger partial charge on any atom is 0.209 e. The highest BCUT2D eigenvalue weighted by Crippen LogP contribution is 2.47. The predicted octanol–water partition coefficient (Wildman–Crippen LogP) is 5.41. The molecule has 2 aliphatic heterocycles. The number of benzene rings is 2. The lowest BCUT2D eigenvalue weighted by Crippen LogP contribution is -3.00. The Morgan fingerprint density at radius 1 is 0.917 bits per heavy atom. The van der Waals surface area contributed by atoms with Crippen molar-refractivity contribution in [2.75, 3.05) is 19.0 Å². The average Bonchev–Trinajstić information content (AvgIpc) is 3.36. The Bertz CT molecular complexity index is 1300. The van der Waals surface area contributed by atoms with Crippen LogP contribution in [0.4, 0.5) is 11.4 Å². The van der Waals surface area contributed by atoms with Crippen molar-refractivity contribution in [2.45, 2.75) is 58.3 Å². The molecule has 0 saturated heterocycles. The van der Waals surface area contributed by atoms with Crippen LogP contribution in [0.5, 0.6) is 0 Å². The van der Waals surface area contributed by atoms with Crippen molar-refractivity contribution in [3.63, 3.8) is 0 Å². The maximum absolute atomic E-state index is 6.42. The van der Waals surface area contributed by atoms with E-state index in [0.29, 0.717) is 0 Å². The minimum atomic E-state index is 0. The van der Waals surface area contributed by atoms with E-state index in [-0.39, 0.29) is 23.2 Å². The van der Waals surface area contributed by atoms with Crippen molar-refractivity contribution in [1.29, 1.82) is 0 Å². The van der Waals surface area contributed by atoms with E-state index in [1.165, 1.54) is 39.5 Å². The molecule has 4 heteroatoms. The summed E-state index contributed by atoms with van der Waals surface area (Å²) < 4.78 is 2.29. The molecular weight excluding hydrogens is 483 g/mol. The summed E-state index contributed by atoms with van der Waals surface area (Å²) in [6.45, 7) is 15.2. The molecule has 2 nitrogen and oxygen atoms in total. The Morgan fingerprint density at radius 3 is 2.11 bits per heavy atom. The SMILES string of the molecule is C=CC1=C(Cl)C(=CC=C2N(C)c3ccccc3C2(C)C)CC1.CC1=[N+](C)c2ccccc2C1(C)C.[Cl-]. The Hall–Kier alpha value is -2.55. The van der Waals surface area contributed by atoms with Crippen LogP contribution in [0.2, 0.25) is 0 Å². The molecule has 0 N–H and O–H groups in total. The minimum Gasteiger partial charge on any atom is -1.00 e. The lowest BCUT2D eigenvalue weighted by molar-refractivity contribution is -0.403. The standard InChI is InChI=1S/C20H22ClN.C12H16N.ClH/c1-5-14-10-11-15(19(14)21)12-13-18-20(2,3)16-8-6-7-9-17(16)22(18)4;1-9-12(2,3)10-7-5-6-8-11(10)13(9)4;/h5-9,12-13H,1,10-11H2,2-4H3;5-8H,1-4H3;1H/q;+1;/p-1. The van der Waals surface area contributed by atoms with E-state index in [2.05, 4.69) is 125 Å². The van der Waals surface area contributed by atoms with Gasteiger partial charge in [0, 0.05) is 47.4 Å². The molecule has 5 rings (SSSR count). The normalized spacial score (nSPS) is 21.3. The maximum atomic E-state index is 6.42. The summed E-state index contributed by atoms with van der Waals surface area (Å²) in [6.07, 6.45) is 8.28. The predicted molar refractivity (Wildman–Crippen MR) is 152 cm³/mol. The number of hydrogen-bond acceptors (Lipinski definition) is 1. The van der Waals surface area contributed by atoms with E-state index < -0.39 is 0 Å². The van der Waals surface area contributed by atoms with Gasteiger partial charge in [-0.15, -0.1) is 0 Å². The number of halogens is 2. The molecule has 0 spiro atoms. The minimum absolute atomic E-state index is 0.